The fourth-order valence-corrected chi connectivity index (χ4v) is 2.29. The summed E-state index contributed by atoms with van der Waals surface area (Å²) in [6, 6.07) is 11.8. The van der Waals surface area contributed by atoms with E-state index in [9.17, 15) is 0 Å². The van der Waals surface area contributed by atoms with E-state index in [1.165, 1.54) is 11.6 Å². The molecule has 0 saturated heterocycles. The van der Waals surface area contributed by atoms with Crippen LogP contribution < -0.4 is 0 Å². The average Bonchev–Trinajstić information content (AvgIpc) is 2.17. The topological polar surface area (TPSA) is 9.23 Å². The summed E-state index contributed by atoms with van der Waals surface area (Å²) in [4.78, 5) is 0. The molecule has 0 unspecified atom stereocenters. The third kappa shape index (κ3) is 3.74. The Morgan fingerprint density at radius 3 is 2.31 bits per heavy atom. The first-order valence-corrected chi connectivity index (χ1v) is 7.85. The molecule has 0 saturated carbocycles. The van der Waals surface area contributed by atoms with E-state index < -0.39 is 8.32 Å². The number of hydrogen-bond acceptors (Lipinski definition) is 1. The average molecular weight is 194 g/mol. The molecule has 0 aromatic heterocycles. The van der Waals surface area contributed by atoms with Crippen molar-refractivity contribution in [3.05, 3.63) is 35.9 Å². The minimum atomic E-state index is -1.36. The summed E-state index contributed by atoms with van der Waals surface area (Å²) < 4.78 is 5.50. The Hall–Kier alpha value is -0.603. The summed E-state index contributed by atoms with van der Waals surface area (Å²) in [6.45, 7) is 4.52. The summed E-state index contributed by atoms with van der Waals surface area (Å²) in [5, 5.41) is 0. The lowest BCUT2D eigenvalue weighted by Crippen LogP contribution is -2.28. The van der Waals surface area contributed by atoms with Crippen molar-refractivity contribution in [3.63, 3.8) is 0 Å². The fraction of sp³-hybridized carbons (Fsp3) is 0.455. The number of hydrogen-bond donors (Lipinski definition) is 0. The highest BCUT2D eigenvalue weighted by Crippen LogP contribution is 2.14. The number of benzene rings is 1. The Labute approximate surface area is 81.9 Å². The maximum Gasteiger partial charge on any atom is 0.186 e. The van der Waals surface area contributed by atoms with Crippen LogP contribution in [0.5, 0.6) is 0 Å². The predicted octanol–water partition coefficient (Wildman–Crippen LogP) is 3.08. The molecule has 0 radical (unpaired) electrons. The van der Waals surface area contributed by atoms with Gasteiger partial charge in [-0.05, 0) is 31.1 Å². The molecule has 0 bridgehead atoms. The van der Waals surface area contributed by atoms with Gasteiger partial charge in [0, 0.05) is 7.11 Å². The van der Waals surface area contributed by atoms with Crippen molar-refractivity contribution in [2.45, 2.75) is 25.6 Å². The molecular weight excluding hydrogens is 176 g/mol. The minimum absolute atomic E-state index is 1.15. The van der Waals surface area contributed by atoms with Crippen LogP contribution in [0.25, 0.3) is 0 Å². The van der Waals surface area contributed by atoms with Gasteiger partial charge in [-0.3, -0.25) is 0 Å². The molecule has 1 rings (SSSR count). The second-order valence-corrected chi connectivity index (χ2v) is 8.38. The van der Waals surface area contributed by atoms with E-state index in [0.29, 0.717) is 0 Å². The van der Waals surface area contributed by atoms with Gasteiger partial charge in [-0.25, -0.2) is 0 Å². The van der Waals surface area contributed by atoms with Gasteiger partial charge in [-0.2, -0.15) is 0 Å². The van der Waals surface area contributed by atoms with E-state index in [2.05, 4.69) is 43.4 Å². The molecule has 0 aliphatic carbocycles. The van der Waals surface area contributed by atoms with Crippen LogP contribution >= 0.6 is 0 Å². The Kier molecular flexibility index (Phi) is 3.69. The fourth-order valence-electron chi connectivity index (χ4n) is 1.19. The van der Waals surface area contributed by atoms with Crippen LogP contribution in [0.15, 0.2) is 30.3 Å². The van der Waals surface area contributed by atoms with Crippen LogP contribution in [0.4, 0.5) is 0 Å². The van der Waals surface area contributed by atoms with Gasteiger partial charge >= 0.3 is 0 Å². The molecule has 0 amide bonds. The Morgan fingerprint density at radius 1 is 1.15 bits per heavy atom. The minimum Gasteiger partial charge on any atom is -0.420 e. The van der Waals surface area contributed by atoms with E-state index in [1.54, 1.807) is 0 Å². The second kappa shape index (κ2) is 4.58. The molecule has 13 heavy (non-hydrogen) atoms. The summed E-state index contributed by atoms with van der Waals surface area (Å²) in [7, 11) is 0.471. The first-order valence-electron chi connectivity index (χ1n) is 4.73. The van der Waals surface area contributed by atoms with Crippen molar-refractivity contribution in [2.24, 2.45) is 0 Å². The third-order valence-corrected chi connectivity index (χ3v) is 4.97. The lowest BCUT2D eigenvalue weighted by atomic mass is 10.2. The van der Waals surface area contributed by atoms with Crippen molar-refractivity contribution in [1.29, 1.82) is 0 Å². The monoisotopic (exact) mass is 194 g/mol. The highest BCUT2D eigenvalue weighted by atomic mass is 28.4. The number of rotatable bonds is 4. The molecule has 0 atom stereocenters. The van der Waals surface area contributed by atoms with Gasteiger partial charge in [-0.1, -0.05) is 30.3 Å². The highest BCUT2D eigenvalue weighted by Gasteiger charge is 2.19. The van der Waals surface area contributed by atoms with Crippen LogP contribution in [-0.2, 0) is 10.8 Å². The molecule has 0 aliphatic rings. The maximum absolute atomic E-state index is 5.50. The zero-order valence-corrected chi connectivity index (χ0v) is 9.71. The van der Waals surface area contributed by atoms with Crippen LogP contribution in [0.2, 0.25) is 19.1 Å². The van der Waals surface area contributed by atoms with Gasteiger partial charge in [0.05, 0.1) is 0 Å². The molecule has 2 heteroatoms. The molecule has 1 nitrogen and oxygen atoms in total. The Balaban J connectivity index is 2.44. The molecule has 0 fully saturated rings. The summed E-state index contributed by atoms with van der Waals surface area (Å²) in [6.07, 6.45) is 1.15. The zero-order chi connectivity index (χ0) is 9.73. The summed E-state index contributed by atoms with van der Waals surface area (Å²) in [5.41, 5.74) is 1.42. The van der Waals surface area contributed by atoms with Crippen LogP contribution in [-0.4, -0.2) is 15.4 Å². The maximum atomic E-state index is 5.50. The molecule has 0 spiro atoms. The van der Waals surface area contributed by atoms with Gasteiger partial charge in [0.2, 0.25) is 0 Å². The molecule has 0 heterocycles. The van der Waals surface area contributed by atoms with Gasteiger partial charge in [0.1, 0.15) is 0 Å². The van der Waals surface area contributed by atoms with Crippen LogP contribution in [0, 0.1) is 0 Å². The van der Waals surface area contributed by atoms with Gasteiger partial charge in [-0.15, -0.1) is 0 Å². The molecule has 0 aliphatic heterocycles. The smallest absolute Gasteiger partial charge is 0.186 e. The van der Waals surface area contributed by atoms with E-state index in [0.717, 1.165) is 6.42 Å². The summed E-state index contributed by atoms with van der Waals surface area (Å²) >= 11 is 0. The lowest BCUT2D eigenvalue weighted by Gasteiger charge is -2.19. The lowest BCUT2D eigenvalue weighted by molar-refractivity contribution is 0.403. The van der Waals surface area contributed by atoms with E-state index in [4.69, 9.17) is 4.43 Å². The third-order valence-electron chi connectivity index (χ3n) is 2.41. The molecule has 1 aromatic rings. The van der Waals surface area contributed by atoms with Gasteiger partial charge < -0.3 is 4.43 Å². The van der Waals surface area contributed by atoms with Crippen LogP contribution in [0.1, 0.15) is 5.56 Å². The van der Waals surface area contributed by atoms with Gasteiger partial charge in [0.15, 0.2) is 8.32 Å². The molecule has 72 valence electrons. The number of aryl methyl sites for hydroxylation is 1. The largest absolute Gasteiger partial charge is 0.420 e. The predicted molar refractivity (Wildman–Crippen MR) is 59.4 cm³/mol. The Bertz CT molecular complexity index is 244. The summed E-state index contributed by atoms with van der Waals surface area (Å²) in [5.74, 6) is 0. The van der Waals surface area contributed by atoms with E-state index in [-0.39, 0.29) is 0 Å². The SMILES string of the molecule is CO[Si](C)(C)CCc1ccccc1. The second-order valence-electron chi connectivity index (χ2n) is 3.95. The first-order chi connectivity index (χ1) is 6.14. The first kappa shape index (κ1) is 10.5. The van der Waals surface area contributed by atoms with Crippen molar-refractivity contribution < 1.29 is 4.43 Å². The molecule has 0 N–H and O–H groups in total. The zero-order valence-electron chi connectivity index (χ0n) is 8.71. The van der Waals surface area contributed by atoms with Crippen molar-refractivity contribution in [2.75, 3.05) is 7.11 Å². The van der Waals surface area contributed by atoms with E-state index in [1.807, 2.05) is 7.11 Å². The molecular formula is C11H18OSi. The van der Waals surface area contributed by atoms with E-state index >= 15 is 0 Å². The van der Waals surface area contributed by atoms with Gasteiger partial charge in [0.25, 0.3) is 0 Å². The Morgan fingerprint density at radius 2 is 1.77 bits per heavy atom. The van der Waals surface area contributed by atoms with Crippen molar-refractivity contribution in [3.8, 4) is 0 Å². The van der Waals surface area contributed by atoms with Crippen molar-refractivity contribution in [1.82, 2.24) is 0 Å². The normalized spacial score (nSPS) is 11.6. The highest BCUT2D eigenvalue weighted by molar-refractivity contribution is 6.71. The standard InChI is InChI=1S/C11H18OSi/c1-12-13(2,3)10-9-11-7-5-4-6-8-11/h4-8H,9-10H2,1-3H3. The quantitative estimate of drug-likeness (QED) is 0.669. The molecule has 1 aromatic carbocycles. The van der Waals surface area contributed by atoms with Crippen molar-refractivity contribution >= 4 is 8.32 Å². The van der Waals surface area contributed by atoms with Crippen LogP contribution in [0.3, 0.4) is 0 Å².